The average Bonchev–Trinajstić information content (AvgIpc) is 2.77. The molecule has 0 saturated carbocycles. The second kappa shape index (κ2) is 8.66. The Bertz CT molecular complexity index is 1260. The van der Waals surface area contributed by atoms with Gasteiger partial charge in [-0.05, 0) is 41.5 Å². The molecule has 5 heteroatoms. The number of para-hydroxylation sites is 2. The highest BCUT2D eigenvalue weighted by Crippen LogP contribution is 2.24. The Kier molecular flexibility index (Phi) is 5.61. The minimum atomic E-state index is -0.297. The molecule has 30 heavy (non-hydrogen) atoms. The summed E-state index contributed by atoms with van der Waals surface area (Å²) in [5.41, 5.74) is 1.86. The monoisotopic (exact) mass is 398 g/mol. The molecule has 1 N–H and O–H groups in total. The Labute approximate surface area is 174 Å². The highest BCUT2D eigenvalue weighted by atomic mass is 16.5. The third kappa shape index (κ3) is 4.10. The van der Waals surface area contributed by atoms with Crippen LogP contribution in [0.5, 0.6) is 5.75 Å². The van der Waals surface area contributed by atoms with E-state index < -0.39 is 0 Å². The maximum atomic E-state index is 12.8. The van der Waals surface area contributed by atoms with Gasteiger partial charge in [-0.25, -0.2) is 0 Å². The number of rotatable bonds is 6. The number of hydrogen-bond donors (Lipinski definition) is 1. The van der Waals surface area contributed by atoms with Crippen LogP contribution in [0.4, 0.5) is 5.69 Å². The summed E-state index contributed by atoms with van der Waals surface area (Å²) in [5.74, 6) is 0.311. The number of nitrogens with zero attached hydrogens (tertiary/aromatic N) is 1. The van der Waals surface area contributed by atoms with Gasteiger partial charge >= 0.3 is 0 Å². The molecule has 1 heterocycles. The van der Waals surface area contributed by atoms with Crippen molar-refractivity contribution >= 4 is 22.4 Å². The first-order valence-electron chi connectivity index (χ1n) is 9.86. The minimum absolute atomic E-state index is 0.158. The maximum Gasteiger partial charge on any atom is 0.257 e. The fourth-order valence-electron chi connectivity index (χ4n) is 3.45. The third-order valence-electron chi connectivity index (χ3n) is 4.90. The van der Waals surface area contributed by atoms with Crippen molar-refractivity contribution in [1.29, 1.82) is 0 Å². The van der Waals surface area contributed by atoms with E-state index >= 15 is 0 Å². The standard InChI is InChI=1S/C25H22N2O3/c1-2-30-23-13-6-5-12-22(23)26-25(29)20-14-15-24(28)27(17-20)16-19-10-7-9-18-8-3-4-11-21(18)19/h3-15,17H,2,16H2,1H3,(H,26,29). The predicted molar refractivity (Wildman–Crippen MR) is 119 cm³/mol. The van der Waals surface area contributed by atoms with E-state index in [0.29, 0.717) is 30.2 Å². The molecule has 1 amide bonds. The van der Waals surface area contributed by atoms with Crippen LogP contribution in [0.25, 0.3) is 10.8 Å². The fraction of sp³-hybridized carbons (Fsp3) is 0.120. The molecular weight excluding hydrogens is 376 g/mol. The van der Waals surface area contributed by atoms with Gasteiger partial charge in [0, 0.05) is 12.3 Å². The quantitative estimate of drug-likeness (QED) is 0.512. The van der Waals surface area contributed by atoms with Crippen LogP contribution in [-0.2, 0) is 6.54 Å². The molecule has 0 atom stereocenters. The number of nitrogens with one attached hydrogen (secondary N) is 1. The molecule has 0 spiro atoms. The molecule has 0 unspecified atom stereocenters. The largest absolute Gasteiger partial charge is 0.492 e. The zero-order valence-corrected chi connectivity index (χ0v) is 16.7. The van der Waals surface area contributed by atoms with E-state index in [1.54, 1.807) is 29.0 Å². The van der Waals surface area contributed by atoms with Crippen molar-refractivity contribution in [2.75, 3.05) is 11.9 Å². The van der Waals surface area contributed by atoms with E-state index in [9.17, 15) is 9.59 Å². The molecule has 0 fully saturated rings. The number of anilines is 1. The number of carbonyl (C=O) groups excluding carboxylic acids is 1. The van der Waals surface area contributed by atoms with Gasteiger partial charge in [-0.3, -0.25) is 9.59 Å². The Hall–Kier alpha value is -3.86. The molecule has 0 radical (unpaired) electrons. The zero-order chi connectivity index (χ0) is 20.9. The molecule has 5 nitrogen and oxygen atoms in total. The topological polar surface area (TPSA) is 60.3 Å². The van der Waals surface area contributed by atoms with Crippen LogP contribution in [0.3, 0.4) is 0 Å². The van der Waals surface area contributed by atoms with E-state index in [2.05, 4.69) is 5.32 Å². The lowest BCUT2D eigenvalue weighted by molar-refractivity contribution is 0.102. The van der Waals surface area contributed by atoms with Gasteiger partial charge in [-0.15, -0.1) is 0 Å². The van der Waals surface area contributed by atoms with Crippen molar-refractivity contribution in [2.45, 2.75) is 13.5 Å². The molecule has 0 saturated heterocycles. The molecule has 4 rings (SSSR count). The van der Waals surface area contributed by atoms with Crippen molar-refractivity contribution in [3.63, 3.8) is 0 Å². The van der Waals surface area contributed by atoms with Gasteiger partial charge in [0.25, 0.3) is 11.5 Å². The molecule has 0 aliphatic rings. The van der Waals surface area contributed by atoms with Gasteiger partial charge in [0.15, 0.2) is 0 Å². The van der Waals surface area contributed by atoms with Crippen molar-refractivity contribution in [1.82, 2.24) is 4.57 Å². The Morgan fingerprint density at radius 3 is 2.57 bits per heavy atom. The summed E-state index contributed by atoms with van der Waals surface area (Å²) >= 11 is 0. The maximum absolute atomic E-state index is 12.8. The SMILES string of the molecule is CCOc1ccccc1NC(=O)c1ccc(=O)n(Cc2cccc3ccccc23)c1. The smallest absolute Gasteiger partial charge is 0.257 e. The van der Waals surface area contributed by atoms with Gasteiger partial charge < -0.3 is 14.6 Å². The molecular formula is C25H22N2O3. The number of carbonyl (C=O) groups is 1. The van der Waals surface area contributed by atoms with Crippen molar-refractivity contribution in [3.8, 4) is 5.75 Å². The van der Waals surface area contributed by atoms with Gasteiger partial charge in [-0.2, -0.15) is 0 Å². The summed E-state index contributed by atoms with van der Waals surface area (Å²) in [6.07, 6.45) is 1.60. The van der Waals surface area contributed by atoms with Crippen LogP contribution in [0.2, 0.25) is 0 Å². The van der Waals surface area contributed by atoms with Crippen LogP contribution >= 0.6 is 0 Å². The number of fused-ring (bicyclic) bond motifs is 1. The van der Waals surface area contributed by atoms with Gasteiger partial charge in [-0.1, -0.05) is 54.6 Å². The summed E-state index contributed by atoms with van der Waals surface area (Å²) in [7, 11) is 0. The molecule has 0 aliphatic carbocycles. The molecule has 4 aromatic rings. The normalized spacial score (nSPS) is 10.7. The highest BCUT2D eigenvalue weighted by Gasteiger charge is 2.12. The molecule has 1 aromatic heterocycles. The molecule has 150 valence electrons. The van der Waals surface area contributed by atoms with Gasteiger partial charge in [0.1, 0.15) is 5.75 Å². The summed E-state index contributed by atoms with van der Waals surface area (Å²) in [5, 5.41) is 5.08. The van der Waals surface area contributed by atoms with Crippen molar-refractivity contribution < 1.29 is 9.53 Å². The first kappa shape index (κ1) is 19.5. The van der Waals surface area contributed by atoms with E-state index in [1.807, 2.05) is 61.5 Å². The third-order valence-corrected chi connectivity index (χ3v) is 4.90. The van der Waals surface area contributed by atoms with Gasteiger partial charge in [0.2, 0.25) is 0 Å². The second-order valence-corrected chi connectivity index (χ2v) is 6.91. The molecule has 0 bridgehead atoms. The number of ether oxygens (including phenoxy) is 1. The predicted octanol–water partition coefficient (Wildman–Crippen LogP) is 4.70. The number of benzene rings is 3. The Morgan fingerprint density at radius 1 is 0.933 bits per heavy atom. The molecule has 3 aromatic carbocycles. The number of hydrogen-bond acceptors (Lipinski definition) is 3. The Morgan fingerprint density at radius 2 is 1.70 bits per heavy atom. The second-order valence-electron chi connectivity index (χ2n) is 6.91. The lowest BCUT2D eigenvalue weighted by Crippen LogP contribution is -2.22. The average molecular weight is 398 g/mol. The van der Waals surface area contributed by atoms with Crippen LogP contribution in [0, 0.1) is 0 Å². The van der Waals surface area contributed by atoms with Crippen molar-refractivity contribution in [2.24, 2.45) is 0 Å². The first-order valence-corrected chi connectivity index (χ1v) is 9.86. The highest BCUT2D eigenvalue weighted by molar-refractivity contribution is 6.04. The fourth-order valence-corrected chi connectivity index (χ4v) is 3.45. The number of aromatic nitrogens is 1. The van der Waals surface area contributed by atoms with E-state index in [1.165, 1.54) is 6.07 Å². The lowest BCUT2D eigenvalue weighted by atomic mass is 10.0. The number of amides is 1. The van der Waals surface area contributed by atoms with E-state index in [0.717, 1.165) is 16.3 Å². The first-order chi connectivity index (χ1) is 14.7. The van der Waals surface area contributed by atoms with Crippen LogP contribution < -0.4 is 15.6 Å². The summed E-state index contributed by atoms with van der Waals surface area (Å²) in [4.78, 5) is 25.3. The van der Waals surface area contributed by atoms with Crippen LogP contribution in [0.15, 0.2) is 89.9 Å². The van der Waals surface area contributed by atoms with E-state index in [-0.39, 0.29) is 11.5 Å². The van der Waals surface area contributed by atoms with E-state index in [4.69, 9.17) is 4.74 Å². The lowest BCUT2D eigenvalue weighted by Gasteiger charge is -2.13. The van der Waals surface area contributed by atoms with Crippen molar-refractivity contribution in [3.05, 3.63) is 107 Å². The minimum Gasteiger partial charge on any atom is -0.492 e. The number of pyridine rings is 1. The molecule has 0 aliphatic heterocycles. The zero-order valence-electron chi connectivity index (χ0n) is 16.7. The summed E-state index contributed by atoms with van der Waals surface area (Å²) in [6.45, 7) is 2.78. The Balaban J connectivity index is 1.62. The van der Waals surface area contributed by atoms with Gasteiger partial charge in [0.05, 0.1) is 24.4 Å². The summed E-state index contributed by atoms with van der Waals surface area (Å²) < 4.78 is 7.13. The van der Waals surface area contributed by atoms with Crippen LogP contribution in [0.1, 0.15) is 22.8 Å². The van der Waals surface area contributed by atoms with Crippen LogP contribution in [-0.4, -0.2) is 17.1 Å². The summed E-state index contributed by atoms with van der Waals surface area (Å²) in [6, 6.07) is 24.3.